The van der Waals surface area contributed by atoms with Crippen molar-refractivity contribution in [3.05, 3.63) is 42.2 Å². The quantitative estimate of drug-likeness (QED) is 0.347. The fraction of sp³-hybridized carbons (Fsp3) is 0.444. The third kappa shape index (κ3) is 3.41. The summed E-state index contributed by atoms with van der Waals surface area (Å²) < 4.78 is 18.6. The van der Waals surface area contributed by atoms with Gasteiger partial charge in [-0.1, -0.05) is 30.3 Å². The Hall–Kier alpha value is -2.99. The largest absolute Gasteiger partial charge is 0.614 e. The van der Waals surface area contributed by atoms with E-state index in [9.17, 15) is 18.9 Å². The zero-order valence-electron chi connectivity index (χ0n) is 16.3. The van der Waals surface area contributed by atoms with Crippen LogP contribution in [0.3, 0.4) is 0 Å². The van der Waals surface area contributed by atoms with Crippen molar-refractivity contribution in [1.82, 2.24) is 30.4 Å². The molecule has 0 spiro atoms. The van der Waals surface area contributed by atoms with Crippen molar-refractivity contribution in [2.24, 2.45) is 0 Å². The Morgan fingerprint density at radius 2 is 2.03 bits per heavy atom. The van der Waals surface area contributed by atoms with Crippen LogP contribution in [-0.2, 0) is 43.4 Å². The number of aromatic nitrogens is 4. The monoisotopic (exact) mass is 432 g/mol. The van der Waals surface area contributed by atoms with Gasteiger partial charge in [-0.05, 0) is 41.0 Å². The van der Waals surface area contributed by atoms with Gasteiger partial charge < -0.3 is 14.6 Å². The average molecular weight is 432 g/mol. The molecular weight excluding hydrogens is 412 g/mol. The molecule has 2 saturated heterocycles. The van der Waals surface area contributed by atoms with Crippen LogP contribution in [0.25, 0.3) is 0 Å². The van der Waals surface area contributed by atoms with E-state index in [1.807, 2.05) is 30.3 Å². The Kier molecular flexibility index (Phi) is 5.20. The number of hydrogen-bond donors (Lipinski definition) is 1. The van der Waals surface area contributed by atoms with Crippen LogP contribution in [0.1, 0.15) is 19.4 Å². The molecule has 3 heterocycles. The van der Waals surface area contributed by atoms with Crippen molar-refractivity contribution in [3.63, 3.8) is 0 Å². The number of nitrogens with zero attached hydrogens (tertiary/aromatic N) is 5. The number of benzene rings is 1. The van der Waals surface area contributed by atoms with Gasteiger partial charge in [0.1, 0.15) is 19.5 Å². The van der Waals surface area contributed by atoms with Gasteiger partial charge in [0, 0.05) is 0 Å². The molecule has 12 heteroatoms. The first-order valence-corrected chi connectivity index (χ1v) is 10.5. The van der Waals surface area contributed by atoms with Crippen LogP contribution in [0, 0.1) is 0 Å². The third-order valence-corrected chi connectivity index (χ3v) is 7.41. The first-order chi connectivity index (χ1) is 14.3. The molecule has 0 unspecified atom stereocenters. The van der Waals surface area contributed by atoms with E-state index < -0.39 is 51.2 Å². The minimum Gasteiger partial charge on any atom is -0.614 e. The molecule has 2 aliphatic rings. The first-order valence-electron chi connectivity index (χ1n) is 9.24. The molecule has 4 rings (SSSR count). The van der Waals surface area contributed by atoms with E-state index in [0.29, 0.717) is 0 Å². The average Bonchev–Trinajstić information content (AvgIpc) is 3.29. The summed E-state index contributed by atoms with van der Waals surface area (Å²) in [5.74, 6) is -1.58. The highest BCUT2D eigenvalue weighted by Gasteiger charge is 2.73. The summed E-state index contributed by atoms with van der Waals surface area (Å²) >= 11 is -1.58. The van der Waals surface area contributed by atoms with Crippen LogP contribution in [0.4, 0.5) is 0 Å². The number of ether oxygens (including phenoxy) is 1. The molecule has 1 aromatic heterocycles. The lowest BCUT2D eigenvalue weighted by molar-refractivity contribution is -0.165. The number of hydrogen-bond acceptors (Lipinski definition) is 8. The molecule has 0 aliphatic carbocycles. The highest BCUT2D eigenvalue weighted by molar-refractivity contribution is 7.94. The summed E-state index contributed by atoms with van der Waals surface area (Å²) in [5, 5.41) is 12.2. The molecule has 11 nitrogen and oxygen atoms in total. The molecule has 0 saturated carbocycles. The van der Waals surface area contributed by atoms with E-state index in [-0.39, 0.29) is 13.2 Å². The first kappa shape index (κ1) is 20.3. The fourth-order valence-electron chi connectivity index (χ4n) is 3.70. The molecule has 1 N–H and O–H groups in total. The van der Waals surface area contributed by atoms with Gasteiger partial charge in [-0.3, -0.25) is 14.5 Å². The second-order valence-corrected chi connectivity index (χ2v) is 9.72. The van der Waals surface area contributed by atoms with Crippen molar-refractivity contribution in [3.8, 4) is 0 Å². The van der Waals surface area contributed by atoms with Crippen molar-refractivity contribution in [2.45, 2.75) is 49.2 Å². The van der Waals surface area contributed by atoms with Crippen molar-refractivity contribution in [1.29, 1.82) is 0 Å². The van der Waals surface area contributed by atoms with Gasteiger partial charge in [0.2, 0.25) is 11.3 Å². The Labute approximate surface area is 174 Å². The summed E-state index contributed by atoms with van der Waals surface area (Å²) in [6.45, 7) is 3.19. The molecule has 4 atom stereocenters. The second kappa shape index (κ2) is 7.69. The normalized spacial score (nSPS) is 26.6. The van der Waals surface area contributed by atoms with Crippen molar-refractivity contribution >= 4 is 29.0 Å². The molecule has 0 bridgehead atoms. The number of tetrazole rings is 1. The van der Waals surface area contributed by atoms with E-state index in [4.69, 9.17) is 4.74 Å². The van der Waals surface area contributed by atoms with Gasteiger partial charge in [-0.25, -0.2) is 9.48 Å². The molecule has 2 amide bonds. The van der Waals surface area contributed by atoms with Crippen LogP contribution >= 0.6 is 0 Å². The molecule has 0 radical (unpaired) electrons. The minimum atomic E-state index is -1.58. The summed E-state index contributed by atoms with van der Waals surface area (Å²) in [7, 11) is 0. The number of rotatable bonds is 6. The number of carbonyl (C=O) groups is 3. The lowest BCUT2D eigenvalue weighted by Gasteiger charge is -2.41. The molecule has 2 aliphatic heterocycles. The number of nitrogens with one attached hydrogen (secondary N) is 1. The van der Waals surface area contributed by atoms with Gasteiger partial charge in [-0.2, -0.15) is 0 Å². The zero-order chi connectivity index (χ0) is 21.5. The maximum atomic E-state index is 13.1. The van der Waals surface area contributed by atoms with E-state index in [0.717, 1.165) is 5.56 Å². The SMILES string of the molecule is CC1(C)[C@H](C(=O)OCc2ccccc2)N2C(=O)[C@@H](NC(=O)Cn3cnnn3)[C@H]2[S@@+]1[O-]. The maximum absolute atomic E-state index is 13.1. The van der Waals surface area contributed by atoms with E-state index in [1.54, 1.807) is 13.8 Å². The Bertz CT molecular complexity index is 953. The summed E-state index contributed by atoms with van der Waals surface area (Å²) in [4.78, 5) is 39.0. The fourth-order valence-corrected chi connectivity index (χ4v) is 5.62. The zero-order valence-corrected chi connectivity index (χ0v) is 17.1. The number of carbonyl (C=O) groups excluding carboxylic acids is 3. The Morgan fingerprint density at radius 1 is 1.30 bits per heavy atom. The molecular formula is C18H20N6O5S. The molecule has 1 aromatic carbocycles. The summed E-state index contributed by atoms with van der Waals surface area (Å²) in [6, 6.07) is 7.18. The Morgan fingerprint density at radius 3 is 2.70 bits per heavy atom. The highest BCUT2D eigenvalue weighted by Crippen LogP contribution is 2.46. The topological polar surface area (TPSA) is 142 Å². The van der Waals surface area contributed by atoms with E-state index in [2.05, 4.69) is 20.8 Å². The van der Waals surface area contributed by atoms with Gasteiger partial charge in [0.05, 0.1) is 0 Å². The number of β-lactam (4-membered cyclic amide) rings is 1. The molecule has 30 heavy (non-hydrogen) atoms. The van der Waals surface area contributed by atoms with Gasteiger partial charge >= 0.3 is 5.97 Å². The van der Waals surface area contributed by atoms with Crippen LogP contribution in [0.5, 0.6) is 0 Å². The lowest BCUT2D eigenvalue weighted by Crippen LogP contribution is -2.72. The maximum Gasteiger partial charge on any atom is 0.334 e. The third-order valence-electron chi connectivity index (χ3n) is 5.22. The molecule has 2 fully saturated rings. The van der Waals surface area contributed by atoms with Crippen LogP contribution in [0.2, 0.25) is 0 Å². The van der Waals surface area contributed by atoms with Crippen LogP contribution in [0.15, 0.2) is 36.7 Å². The van der Waals surface area contributed by atoms with Gasteiger partial charge in [-0.15, -0.1) is 5.10 Å². The van der Waals surface area contributed by atoms with E-state index in [1.165, 1.54) is 15.9 Å². The van der Waals surface area contributed by atoms with Gasteiger partial charge in [0.25, 0.3) is 5.91 Å². The minimum absolute atomic E-state index is 0.0533. The van der Waals surface area contributed by atoms with Gasteiger partial charge in [0.15, 0.2) is 16.8 Å². The van der Waals surface area contributed by atoms with E-state index >= 15 is 0 Å². The standard InChI is InChI=1S/C18H20N6O5S/c1-18(2)14(17(27)29-9-11-6-4-3-5-7-11)24-15(26)13(16(24)30(18)28)20-12(25)8-23-10-19-21-22-23/h3-7,10,13-14,16H,8-9H2,1-2H3,(H,20,25)/t13-,14+,16-,30-/m1/s1. The summed E-state index contributed by atoms with van der Waals surface area (Å²) in [5.41, 5.74) is 0.807. The predicted octanol–water partition coefficient (Wildman–Crippen LogP) is -1.02. The second-order valence-electron chi connectivity index (χ2n) is 7.59. The van der Waals surface area contributed by atoms with Crippen LogP contribution in [-0.4, -0.2) is 69.6 Å². The lowest BCUT2D eigenvalue weighted by atomic mass is 9.96. The van der Waals surface area contributed by atoms with Crippen molar-refractivity contribution < 1.29 is 23.7 Å². The number of fused-ring (bicyclic) bond motifs is 1. The Balaban J connectivity index is 1.44. The summed E-state index contributed by atoms with van der Waals surface area (Å²) in [6.07, 6.45) is 1.27. The number of amides is 2. The molecule has 2 aromatic rings. The number of esters is 1. The molecule has 158 valence electrons. The van der Waals surface area contributed by atoms with Crippen molar-refractivity contribution in [2.75, 3.05) is 0 Å². The van der Waals surface area contributed by atoms with Crippen LogP contribution < -0.4 is 5.32 Å². The smallest absolute Gasteiger partial charge is 0.334 e. The predicted molar refractivity (Wildman–Crippen MR) is 103 cm³/mol. The highest BCUT2D eigenvalue weighted by atomic mass is 32.2.